The number of allylic oxidation sites excluding steroid dienone is 20. The summed E-state index contributed by atoms with van der Waals surface area (Å²) in [4.78, 5) is 37.5. The van der Waals surface area contributed by atoms with E-state index in [0.717, 1.165) is 103 Å². The summed E-state index contributed by atoms with van der Waals surface area (Å²) in [6, 6.07) is 0. The summed E-state index contributed by atoms with van der Waals surface area (Å²) in [6.45, 7) is 4.54. The monoisotopic (exact) mass is 1180 g/mol. The molecule has 2 atom stereocenters. The van der Waals surface area contributed by atoms with E-state index in [4.69, 9.17) is 18.9 Å². The average Bonchev–Trinajstić information content (AvgIpc) is 3.49. The predicted octanol–water partition coefficient (Wildman–Crippen LogP) is 20.2. The lowest BCUT2D eigenvalue weighted by Gasteiger charge is -2.26. The Morgan fingerprint density at radius 3 is 0.941 bits per heavy atom. The third kappa shape index (κ3) is 67.1. The first-order valence-electron chi connectivity index (χ1n) is 34.7. The van der Waals surface area contributed by atoms with Gasteiger partial charge in [-0.2, -0.15) is 0 Å². The highest BCUT2D eigenvalue weighted by molar-refractivity contribution is 5.70. The molecule has 0 aromatic carbocycles. The fourth-order valence-corrected chi connectivity index (χ4v) is 9.47. The van der Waals surface area contributed by atoms with Crippen LogP contribution in [0.25, 0.3) is 0 Å². The van der Waals surface area contributed by atoms with Crippen LogP contribution in [0, 0.1) is 0 Å². The molecule has 0 aliphatic rings. The van der Waals surface area contributed by atoms with Crippen molar-refractivity contribution in [3.63, 3.8) is 0 Å². The summed E-state index contributed by atoms with van der Waals surface area (Å²) < 4.78 is 22.8. The smallest absolute Gasteiger partial charge is 0.306 e. The SMILES string of the molecule is CC/C=C\C/C=C\C/C=C\C/C=C\C/C=C\C/C=C\CCCCCCCCCCCCCCCCC(=O)OC(COC(=O)CCCCCCCCCCCCCCCC/C=C\C/C=C\C/C=C\C/C=C\CC)COC(OCC[N+](C)(C)C)C(=O)[O-]. The van der Waals surface area contributed by atoms with Gasteiger partial charge in [-0.1, -0.05) is 289 Å². The van der Waals surface area contributed by atoms with Gasteiger partial charge in [-0.3, -0.25) is 9.59 Å². The van der Waals surface area contributed by atoms with Crippen LogP contribution in [0.15, 0.2) is 122 Å². The van der Waals surface area contributed by atoms with E-state index in [0.29, 0.717) is 17.4 Å². The molecular weight excluding hydrogens is 1050 g/mol. The second kappa shape index (κ2) is 65.7. The molecule has 0 saturated heterocycles. The number of likely N-dealkylation sites (N-methyl/N-ethyl adjacent to an activating group) is 1. The zero-order valence-electron chi connectivity index (χ0n) is 55.4. The lowest BCUT2D eigenvalue weighted by Crippen LogP contribution is -2.44. The fourth-order valence-electron chi connectivity index (χ4n) is 9.47. The highest BCUT2D eigenvalue weighted by Crippen LogP contribution is 2.17. The maximum absolute atomic E-state index is 12.9. The Morgan fingerprint density at radius 2 is 0.635 bits per heavy atom. The van der Waals surface area contributed by atoms with Gasteiger partial charge in [0.1, 0.15) is 13.2 Å². The zero-order valence-corrected chi connectivity index (χ0v) is 55.4. The minimum Gasteiger partial charge on any atom is -0.545 e. The van der Waals surface area contributed by atoms with Crippen LogP contribution in [-0.4, -0.2) is 82.3 Å². The summed E-state index contributed by atoms with van der Waals surface area (Å²) in [5, 5.41) is 11.8. The molecule has 0 saturated carbocycles. The standard InChI is InChI=1S/C76H129NO8/c1-6-8-10-12-14-16-18-20-22-24-26-28-30-32-34-35-36-37-38-39-41-43-45-47-49-51-53-55-57-59-61-63-65-67-74(79)85-72(71-84-76(75(80)81)82-69-68-77(3,4)5)70-83-73(78)66-64-62-60-58-56-54-52-50-48-46-44-42-40-33-31-29-27-25-23-21-19-17-15-13-11-9-7-2/h8-11,14-17,20-23,26-29,32,34,36-37,72,76H,6-7,12-13,18-19,24-25,30-31,33,35,38-71H2,1-5H3/b10-8-,11-9-,16-14-,17-15-,22-20-,23-21-,28-26-,29-27-,34-32-,37-36-. The fraction of sp³-hybridized carbons (Fsp3) is 0.697. The van der Waals surface area contributed by atoms with E-state index in [9.17, 15) is 19.5 Å². The maximum atomic E-state index is 12.9. The van der Waals surface area contributed by atoms with Gasteiger partial charge in [0, 0.05) is 12.8 Å². The third-order valence-corrected chi connectivity index (χ3v) is 14.7. The largest absolute Gasteiger partial charge is 0.545 e. The second-order valence-electron chi connectivity index (χ2n) is 24.1. The number of carbonyl (C=O) groups excluding carboxylic acids is 3. The molecule has 0 spiro atoms. The van der Waals surface area contributed by atoms with E-state index in [1.54, 1.807) is 0 Å². The van der Waals surface area contributed by atoms with Crippen LogP contribution in [-0.2, 0) is 33.3 Å². The Morgan fingerprint density at radius 1 is 0.353 bits per heavy atom. The Bertz CT molecular complexity index is 1810. The summed E-state index contributed by atoms with van der Waals surface area (Å²) in [6.07, 6.45) is 89.8. The number of hydrogen-bond acceptors (Lipinski definition) is 8. The number of carbonyl (C=O) groups is 3. The number of nitrogens with zero attached hydrogens (tertiary/aromatic N) is 1. The Labute approximate surface area is 523 Å². The number of rotatable bonds is 63. The van der Waals surface area contributed by atoms with Crippen LogP contribution >= 0.6 is 0 Å². The van der Waals surface area contributed by atoms with Gasteiger partial charge in [-0.25, -0.2) is 0 Å². The Kier molecular flexibility index (Phi) is 62.3. The lowest BCUT2D eigenvalue weighted by atomic mass is 10.0. The summed E-state index contributed by atoms with van der Waals surface area (Å²) in [5.41, 5.74) is 0. The molecule has 0 fully saturated rings. The maximum Gasteiger partial charge on any atom is 0.306 e. The molecule has 0 rings (SSSR count). The quantitative estimate of drug-likeness (QED) is 0.0195. The van der Waals surface area contributed by atoms with Crippen LogP contribution in [0.5, 0.6) is 0 Å². The van der Waals surface area contributed by atoms with Gasteiger partial charge < -0.3 is 33.3 Å². The number of carboxylic acid groups (broad SMARTS) is 1. The number of carboxylic acids is 1. The van der Waals surface area contributed by atoms with Crippen molar-refractivity contribution in [1.82, 2.24) is 0 Å². The van der Waals surface area contributed by atoms with Gasteiger partial charge >= 0.3 is 11.9 Å². The van der Waals surface area contributed by atoms with Crippen LogP contribution in [0.4, 0.5) is 0 Å². The van der Waals surface area contributed by atoms with E-state index >= 15 is 0 Å². The molecule has 2 unspecified atom stereocenters. The van der Waals surface area contributed by atoms with Gasteiger partial charge in [-0.15, -0.1) is 0 Å². The number of aliphatic carboxylic acids is 1. The number of esters is 2. The molecule has 0 aliphatic carbocycles. The molecule has 0 amide bonds. The normalized spacial score (nSPS) is 13.5. The highest BCUT2D eigenvalue weighted by atomic mass is 16.7. The first kappa shape index (κ1) is 80.7. The van der Waals surface area contributed by atoms with Gasteiger partial charge in [0.2, 0.25) is 0 Å². The van der Waals surface area contributed by atoms with Crippen molar-refractivity contribution in [2.24, 2.45) is 0 Å². The first-order valence-corrected chi connectivity index (χ1v) is 34.7. The number of ether oxygens (including phenoxy) is 4. The number of hydrogen-bond donors (Lipinski definition) is 0. The van der Waals surface area contributed by atoms with E-state index in [1.165, 1.54) is 148 Å². The molecule has 0 aliphatic heterocycles. The van der Waals surface area contributed by atoms with E-state index in [2.05, 4.69) is 135 Å². The van der Waals surface area contributed by atoms with Crippen LogP contribution < -0.4 is 5.11 Å². The molecule has 85 heavy (non-hydrogen) atoms. The van der Waals surface area contributed by atoms with E-state index in [-0.39, 0.29) is 38.6 Å². The minimum atomic E-state index is -1.63. The van der Waals surface area contributed by atoms with Crippen molar-refractivity contribution < 1.29 is 42.9 Å². The molecule has 0 radical (unpaired) electrons. The van der Waals surface area contributed by atoms with Crippen molar-refractivity contribution in [3.8, 4) is 0 Å². The molecule has 486 valence electrons. The summed E-state index contributed by atoms with van der Waals surface area (Å²) in [5.74, 6) is -2.28. The van der Waals surface area contributed by atoms with Crippen molar-refractivity contribution in [1.29, 1.82) is 0 Å². The molecule has 0 heterocycles. The van der Waals surface area contributed by atoms with Crippen molar-refractivity contribution in [2.75, 3.05) is 47.5 Å². The van der Waals surface area contributed by atoms with E-state index < -0.39 is 24.3 Å². The molecule has 0 N–H and O–H groups in total. The van der Waals surface area contributed by atoms with Crippen molar-refractivity contribution in [2.45, 2.75) is 296 Å². The Hall–Kier alpha value is -4.31. The molecule has 9 heteroatoms. The van der Waals surface area contributed by atoms with E-state index in [1.807, 2.05) is 21.1 Å². The minimum absolute atomic E-state index is 0.143. The molecule has 0 bridgehead atoms. The lowest BCUT2D eigenvalue weighted by molar-refractivity contribution is -0.870. The number of quaternary nitrogens is 1. The summed E-state index contributed by atoms with van der Waals surface area (Å²) in [7, 11) is 5.93. The second-order valence-corrected chi connectivity index (χ2v) is 24.1. The van der Waals surface area contributed by atoms with Gasteiger partial charge in [0.05, 0.1) is 40.3 Å². The Balaban J connectivity index is 4.13. The topological polar surface area (TPSA) is 111 Å². The molecule has 9 nitrogen and oxygen atoms in total. The molecule has 0 aromatic rings. The van der Waals surface area contributed by atoms with Crippen LogP contribution in [0.3, 0.4) is 0 Å². The van der Waals surface area contributed by atoms with Crippen molar-refractivity contribution >= 4 is 17.9 Å². The van der Waals surface area contributed by atoms with Crippen LogP contribution in [0.2, 0.25) is 0 Å². The van der Waals surface area contributed by atoms with Gasteiger partial charge in [-0.05, 0) is 103 Å². The highest BCUT2D eigenvalue weighted by Gasteiger charge is 2.22. The van der Waals surface area contributed by atoms with Gasteiger partial charge in [0.15, 0.2) is 12.4 Å². The molecule has 0 aromatic heterocycles. The first-order chi connectivity index (χ1) is 41.6. The van der Waals surface area contributed by atoms with Crippen LogP contribution in [0.1, 0.15) is 284 Å². The third-order valence-electron chi connectivity index (χ3n) is 14.7. The number of unbranched alkanes of at least 4 members (excludes halogenated alkanes) is 28. The zero-order chi connectivity index (χ0) is 61.9. The van der Waals surface area contributed by atoms with Gasteiger partial charge in [0.25, 0.3) is 0 Å². The average molecular weight is 1180 g/mol. The molecular formula is C76H129NO8. The summed E-state index contributed by atoms with van der Waals surface area (Å²) >= 11 is 0. The van der Waals surface area contributed by atoms with Crippen molar-refractivity contribution in [3.05, 3.63) is 122 Å². The predicted molar refractivity (Wildman–Crippen MR) is 361 cm³/mol.